The number of hydrogen-bond donors (Lipinski definition) is 9. The molecular weight excluding hydrogens is 1830 g/mol. The summed E-state index contributed by atoms with van der Waals surface area (Å²) in [5, 5.41) is 26.0. The van der Waals surface area contributed by atoms with Crippen molar-refractivity contribution in [2.75, 3.05) is 92.0 Å². The maximum atomic E-state index is 14.0. The molecule has 0 aromatic heterocycles. The Labute approximate surface area is 812 Å². The van der Waals surface area contributed by atoms with Crippen LogP contribution in [-0.2, 0) is 167 Å². The average molecular weight is 1980 g/mol. The number of nitrogens with zero attached hydrogens (tertiary/aromatic N) is 1. The Morgan fingerprint density at radius 3 is 0.878 bits per heavy atom. The van der Waals surface area contributed by atoms with Crippen molar-refractivity contribution < 1.29 is 167 Å². The van der Waals surface area contributed by atoms with Gasteiger partial charge in [-0.25, -0.2) is 0 Å². The summed E-state index contributed by atoms with van der Waals surface area (Å²) in [4.78, 5) is 255. The number of piperidine rings is 1. The number of rotatable bonds is 65. The van der Waals surface area contributed by atoms with E-state index in [1.807, 2.05) is 18.7 Å². The topological polar surface area (TPSA) is 591 Å². The lowest BCUT2D eigenvalue weighted by Crippen LogP contribution is -2.66. The fourth-order valence-corrected chi connectivity index (χ4v) is 16.4. The zero-order chi connectivity index (χ0) is 103. The van der Waals surface area contributed by atoms with Gasteiger partial charge in [-0.3, -0.25) is 95.9 Å². The molecule has 4 aliphatic heterocycles. The highest BCUT2D eigenvalue weighted by atomic mass is 16.7. The maximum Gasteiger partial charge on any atom is 0.303 e. The van der Waals surface area contributed by atoms with Gasteiger partial charge >= 0.3 is 53.7 Å². The van der Waals surface area contributed by atoms with E-state index in [1.54, 1.807) is 0 Å². The minimum absolute atomic E-state index is 0.00869. The molecule has 45 nitrogen and oxygen atoms in total. The van der Waals surface area contributed by atoms with Gasteiger partial charge in [0.15, 0.2) is 55.5 Å². The fourth-order valence-electron chi connectivity index (χ4n) is 16.4. The first-order valence-corrected chi connectivity index (χ1v) is 48.4. The van der Waals surface area contributed by atoms with E-state index in [9.17, 15) is 95.9 Å². The Bertz CT molecular complexity index is 3830. The Morgan fingerprint density at radius 1 is 0.317 bits per heavy atom. The van der Waals surface area contributed by atoms with Gasteiger partial charge in [0, 0.05) is 218 Å². The van der Waals surface area contributed by atoms with Crippen LogP contribution in [0.3, 0.4) is 0 Å². The molecule has 15 unspecified atom stereocenters. The molecule has 0 aromatic carbocycles. The second kappa shape index (κ2) is 66.1. The molecule has 4 rings (SSSR count). The quantitative estimate of drug-likeness (QED) is 0.0240. The molecule has 788 valence electrons. The van der Waals surface area contributed by atoms with Crippen LogP contribution in [-0.4, -0.2) is 307 Å². The van der Waals surface area contributed by atoms with E-state index in [2.05, 4.69) is 47.9 Å². The van der Waals surface area contributed by atoms with Gasteiger partial charge in [0.2, 0.25) is 59.1 Å². The molecule has 4 saturated heterocycles. The summed E-state index contributed by atoms with van der Waals surface area (Å²) in [7, 11) is 0. The van der Waals surface area contributed by atoms with Gasteiger partial charge in [-0.15, -0.1) is 0 Å². The number of Topliss-reactive ketones (excluding diaryl/α,β-unsaturated/α-hetero) is 1. The van der Waals surface area contributed by atoms with E-state index in [0.29, 0.717) is 168 Å². The molecule has 10 amide bonds. The highest BCUT2D eigenvalue weighted by Crippen LogP contribution is 2.37. The molecule has 0 aliphatic carbocycles. The molecule has 4 aliphatic rings. The standard InChI is InChI=1S/C94H152N10O35/c1-57(2)71(117)31-30-38-81(124)104-46-39-70(40-47-104)51-94(55-99-79(122)33-19-16-25-43-96-76(119)36-22-28-49-126-92-83(102-59(4)106)89(135-68(13)115)86(132-65(10)112)73(138-92)53-129-62(7)109,56-100-80(123)34-20-17-26-44-97-77(120)37-23-29-50-127-93-84(103-60(5)107)90(136-69(14)116)87(133-66(11)113)74(139-93)54-130-63(8)110)41-45-98-78(121)32-18-15-24-42-95-75(118)35-21-27-48-125-91-82(101-58(3)105)88(134-67(12)114)85(131-64(9)111)72(137-91)52-128-61(6)108/h57,70,72-74,82-93H,15-56H2,1-14H3,(H,95,118)(H,96,119)(H,97,120)(H,98,121)(H,99,122)(H,100,123)(H,101,105)(H,102,106)(H,103,107). The Hall–Kier alpha value is -10.6. The van der Waals surface area contributed by atoms with Gasteiger partial charge in [0.05, 0.1) is 0 Å². The number of unbranched alkanes of at least 4 members (excludes halogenated alkanes) is 9. The van der Waals surface area contributed by atoms with Crippen LogP contribution in [0.5, 0.6) is 0 Å². The molecule has 9 N–H and O–H groups in total. The fraction of sp³-hybridized carbons (Fsp3) is 0.787. The molecule has 45 heteroatoms. The summed E-state index contributed by atoms with van der Waals surface area (Å²) in [5.41, 5.74) is -0.840. The first-order valence-electron chi connectivity index (χ1n) is 48.4. The van der Waals surface area contributed by atoms with E-state index < -0.39 is 189 Å². The SMILES string of the molecule is CC(=O)NC1C(OCCCCC(=O)NCCCCCC(=O)NCCC(CNC(=O)CCCCCNC(=O)CCCCOC2OC(COC(C)=O)C(OC(C)=O)C(OC(C)=O)C2NC(C)=O)(CNC(=O)CCCCCNC(=O)CCCCOC2OC(COC(C)=O)C(OC(C)=O)C(OC(C)=O)C2NC(C)=O)CC2CCN(C(=O)CCCC(=O)C(C)C)CC2)OC(COC(C)=O)C(OC(C)=O)C1OC(C)=O. The minimum atomic E-state index is -1.30. The van der Waals surface area contributed by atoms with Crippen LogP contribution in [0.4, 0.5) is 0 Å². The Balaban J connectivity index is 1.40. The monoisotopic (exact) mass is 1980 g/mol. The predicted octanol–water partition coefficient (Wildman–Crippen LogP) is 3.29. The van der Waals surface area contributed by atoms with Crippen molar-refractivity contribution in [1.82, 2.24) is 52.8 Å². The normalized spacial score (nSPS) is 22.2. The third-order valence-corrected chi connectivity index (χ3v) is 23.1. The summed E-state index contributed by atoms with van der Waals surface area (Å²) in [6, 6.07) is -3.48. The minimum Gasteiger partial charge on any atom is -0.463 e. The van der Waals surface area contributed by atoms with E-state index >= 15 is 0 Å². The van der Waals surface area contributed by atoms with E-state index in [0.717, 1.165) is 41.5 Å². The molecule has 15 atom stereocenters. The molecule has 0 aromatic rings. The first-order chi connectivity index (χ1) is 65.9. The Kier molecular flexibility index (Phi) is 57.4. The van der Waals surface area contributed by atoms with Gasteiger partial charge in [0.1, 0.15) is 62.0 Å². The number of amides is 10. The Morgan fingerprint density at radius 2 is 0.597 bits per heavy atom. The predicted molar refractivity (Wildman–Crippen MR) is 490 cm³/mol. The van der Waals surface area contributed by atoms with E-state index in [1.165, 1.54) is 41.5 Å². The molecule has 0 radical (unpaired) electrons. The van der Waals surface area contributed by atoms with Crippen LogP contribution < -0.4 is 47.9 Å². The van der Waals surface area contributed by atoms with Crippen molar-refractivity contribution in [3.05, 3.63) is 0 Å². The molecule has 0 bridgehead atoms. The lowest BCUT2D eigenvalue weighted by atomic mass is 9.73. The average Bonchev–Trinajstić information content (AvgIpc) is 1.27. The van der Waals surface area contributed by atoms with Crippen LogP contribution in [0.25, 0.3) is 0 Å². The van der Waals surface area contributed by atoms with Gasteiger partial charge in [-0.1, -0.05) is 33.1 Å². The van der Waals surface area contributed by atoms with Crippen molar-refractivity contribution in [2.24, 2.45) is 17.3 Å². The molecule has 4 fully saturated rings. The van der Waals surface area contributed by atoms with Gasteiger partial charge in [0.25, 0.3) is 0 Å². The number of esters is 9. The summed E-state index contributed by atoms with van der Waals surface area (Å²) in [6.45, 7) is 18.6. The lowest BCUT2D eigenvalue weighted by Gasteiger charge is -2.44. The van der Waals surface area contributed by atoms with Crippen LogP contribution in [0.2, 0.25) is 0 Å². The van der Waals surface area contributed by atoms with Crippen molar-refractivity contribution in [3.63, 3.8) is 0 Å². The highest BCUT2D eigenvalue weighted by Gasteiger charge is 2.55. The number of ketones is 1. The van der Waals surface area contributed by atoms with Crippen molar-refractivity contribution >= 4 is 119 Å². The smallest absolute Gasteiger partial charge is 0.303 e. The lowest BCUT2D eigenvalue weighted by molar-refractivity contribution is -0.277. The van der Waals surface area contributed by atoms with Crippen molar-refractivity contribution in [1.29, 1.82) is 0 Å². The van der Waals surface area contributed by atoms with Gasteiger partial charge in [-0.2, -0.15) is 0 Å². The summed E-state index contributed by atoms with van der Waals surface area (Å²) in [5.74, 6) is -9.78. The maximum absolute atomic E-state index is 14.0. The number of nitrogens with one attached hydrogen (secondary N) is 9. The third-order valence-electron chi connectivity index (χ3n) is 23.1. The van der Waals surface area contributed by atoms with E-state index in [4.69, 9.17) is 71.1 Å². The van der Waals surface area contributed by atoms with Crippen molar-refractivity contribution in [3.8, 4) is 0 Å². The number of likely N-dealkylation sites (tertiary alicyclic amines) is 1. The summed E-state index contributed by atoms with van der Waals surface area (Å²) < 4.78 is 84.7. The van der Waals surface area contributed by atoms with Gasteiger partial charge in [-0.05, 0) is 115 Å². The molecule has 0 saturated carbocycles. The zero-order valence-electron chi connectivity index (χ0n) is 83.2. The molecular formula is C94H152N10O35. The summed E-state index contributed by atoms with van der Waals surface area (Å²) in [6.07, 6.45) is -4.53. The second-order valence-corrected chi connectivity index (χ2v) is 35.8. The molecule has 4 heterocycles. The second-order valence-electron chi connectivity index (χ2n) is 35.8. The summed E-state index contributed by atoms with van der Waals surface area (Å²) >= 11 is 0. The van der Waals surface area contributed by atoms with Crippen molar-refractivity contribution in [2.45, 2.75) is 369 Å². The van der Waals surface area contributed by atoms with Gasteiger partial charge < -0.3 is 124 Å². The van der Waals surface area contributed by atoms with E-state index in [-0.39, 0.29) is 143 Å². The van der Waals surface area contributed by atoms with Crippen LogP contribution >= 0.6 is 0 Å². The van der Waals surface area contributed by atoms with Crippen LogP contribution in [0.15, 0.2) is 0 Å². The number of carbonyl (C=O) groups is 20. The number of ether oxygens (including phenoxy) is 15. The molecule has 0 spiro atoms. The largest absolute Gasteiger partial charge is 0.463 e. The first kappa shape index (κ1) is 121. The van der Waals surface area contributed by atoms with Crippen LogP contribution in [0, 0.1) is 17.3 Å². The molecule has 139 heavy (non-hydrogen) atoms. The van der Waals surface area contributed by atoms with Crippen LogP contribution in [0.1, 0.15) is 277 Å². The zero-order valence-corrected chi connectivity index (χ0v) is 83.2. The highest BCUT2D eigenvalue weighted by molar-refractivity contribution is 5.83. The third kappa shape index (κ3) is 50.4. The number of carbonyl (C=O) groups excluding carboxylic acids is 20. The number of hydrogen-bond acceptors (Lipinski definition) is 35.